The summed E-state index contributed by atoms with van der Waals surface area (Å²) < 4.78 is 0. The molecule has 4 aliphatic rings. The average Bonchev–Trinajstić information content (AvgIpc) is 2.83. The molecule has 0 spiro atoms. The molecule has 0 aromatic carbocycles. The Kier molecular flexibility index (Phi) is 2.96. The van der Waals surface area contributed by atoms with Gasteiger partial charge in [-0.05, 0) is 62.2 Å². The van der Waals surface area contributed by atoms with Gasteiger partial charge in [0.05, 0.1) is 0 Å². The number of carbonyl (C=O) groups excluding carboxylic acids is 2. The molecule has 0 amide bonds. The maximum atomic E-state index is 12.7. The summed E-state index contributed by atoms with van der Waals surface area (Å²) in [6.07, 6.45) is 7.96. The number of rotatable bonds is 0. The molecule has 4 unspecified atom stereocenters. The molecule has 5 atom stereocenters. The Morgan fingerprint density at radius 1 is 1.05 bits per heavy atom. The van der Waals surface area contributed by atoms with Crippen molar-refractivity contribution in [2.45, 2.75) is 65.2 Å². The van der Waals surface area contributed by atoms with Gasteiger partial charge in [-0.15, -0.1) is 0 Å². The normalized spacial score (nSPS) is 46.2. The summed E-state index contributed by atoms with van der Waals surface area (Å²) in [5.41, 5.74) is 3.41. The van der Waals surface area contributed by atoms with Crippen molar-refractivity contribution in [3.05, 3.63) is 11.1 Å². The van der Waals surface area contributed by atoms with Crippen molar-refractivity contribution >= 4 is 11.6 Å². The van der Waals surface area contributed by atoms with E-state index in [4.69, 9.17) is 0 Å². The monoisotopic (exact) mass is 286 g/mol. The van der Waals surface area contributed by atoms with Gasteiger partial charge < -0.3 is 0 Å². The summed E-state index contributed by atoms with van der Waals surface area (Å²) in [5.74, 6) is 2.69. The van der Waals surface area contributed by atoms with Gasteiger partial charge in [0.25, 0.3) is 0 Å². The van der Waals surface area contributed by atoms with Gasteiger partial charge in [-0.3, -0.25) is 9.59 Å². The molecule has 3 fully saturated rings. The van der Waals surface area contributed by atoms with E-state index in [1.807, 2.05) is 0 Å². The molecule has 3 saturated carbocycles. The number of hydrogen-bond acceptors (Lipinski definition) is 2. The first kappa shape index (κ1) is 13.7. The molecule has 0 aliphatic heterocycles. The van der Waals surface area contributed by atoms with Crippen LogP contribution in [0.4, 0.5) is 0 Å². The minimum Gasteiger partial charge on any atom is -0.300 e. The highest BCUT2D eigenvalue weighted by molar-refractivity contribution is 5.90. The topological polar surface area (TPSA) is 34.1 Å². The van der Waals surface area contributed by atoms with Gasteiger partial charge >= 0.3 is 0 Å². The van der Waals surface area contributed by atoms with Crippen LogP contribution in [0.1, 0.15) is 65.2 Å². The van der Waals surface area contributed by atoms with Crippen LogP contribution in [0.25, 0.3) is 0 Å². The molecule has 2 heteroatoms. The predicted octanol–water partition coefficient (Wildman–Crippen LogP) is 4.09. The van der Waals surface area contributed by atoms with E-state index >= 15 is 0 Å². The Morgan fingerprint density at radius 3 is 2.67 bits per heavy atom. The highest BCUT2D eigenvalue weighted by atomic mass is 16.1. The first-order chi connectivity index (χ1) is 10.0. The van der Waals surface area contributed by atoms with Crippen LogP contribution in [-0.2, 0) is 9.59 Å². The zero-order valence-electron chi connectivity index (χ0n) is 13.3. The van der Waals surface area contributed by atoms with Crippen molar-refractivity contribution < 1.29 is 9.59 Å². The number of hydrogen-bond donors (Lipinski definition) is 0. The summed E-state index contributed by atoms with van der Waals surface area (Å²) in [6.45, 7) is 4.62. The first-order valence-electron chi connectivity index (χ1n) is 8.73. The molecule has 21 heavy (non-hydrogen) atoms. The standard InChI is InChI=1S/C19H26O2/c1-11-3-4-14-13(11)5-6-16-15(14)10-18(21)17-9-12(20)7-8-19(16,17)2/h14-17H,3-10H2,1-2H3/t14?,15?,16?,17?,19-/m1/s1. The third-order valence-electron chi connectivity index (χ3n) is 7.43. The third kappa shape index (κ3) is 1.83. The lowest BCUT2D eigenvalue weighted by atomic mass is 9.47. The second-order valence-electron chi connectivity index (χ2n) is 8.23. The van der Waals surface area contributed by atoms with Crippen molar-refractivity contribution in [2.75, 3.05) is 0 Å². The summed E-state index contributed by atoms with van der Waals surface area (Å²) >= 11 is 0. The van der Waals surface area contributed by atoms with Gasteiger partial charge in [-0.1, -0.05) is 18.1 Å². The van der Waals surface area contributed by atoms with Crippen molar-refractivity contribution in [3.8, 4) is 0 Å². The molecule has 0 heterocycles. The van der Waals surface area contributed by atoms with Gasteiger partial charge in [0.1, 0.15) is 11.6 Å². The van der Waals surface area contributed by atoms with Crippen LogP contribution in [-0.4, -0.2) is 11.6 Å². The van der Waals surface area contributed by atoms with E-state index in [0.29, 0.717) is 42.2 Å². The van der Waals surface area contributed by atoms with E-state index in [1.54, 1.807) is 11.1 Å². The van der Waals surface area contributed by atoms with Crippen molar-refractivity contribution in [2.24, 2.45) is 29.1 Å². The largest absolute Gasteiger partial charge is 0.300 e. The Hall–Kier alpha value is -0.920. The number of allylic oxidation sites excluding steroid dienone is 2. The number of ketones is 2. The molecular weight excluding hydrogens is 260 g/mol. The van der Waals surface area contributed by atoms with Crippen LogP contribution in [0.2, 0.25) is 0 Å². The van der Waals surface area contributed by atoms with Crippen LogP contribution in [0, 0.1) is 29.1 Å². The van der Waals surface area contributed by atoms with Gasteiger partial charge in [0.2, 0.25) is 0 Å². The summed E-state index contributed by atoms with van der Waals surface area (Å²) in [7, 11) is 0. The molecule has 114 valence electrons. The molecule has 0 aromatic rings. The first-order valence-corrected chi connectivity index (χ1v) is 8.73. The molecule has 4 aliphatic carbocycles. The van der Waals surface area contributed by atoms with Crippen LogP contribution in [0.3, 0.4) is 0 Å². The van der Waals surface area contributed by atoms with Gasteiger partial charge in [0.15, 0.2) is 0 Å². The fourth-order valence-corrected chi connectivity index (χ4v) is 6.25. The summed E-state index contributed by atoms with van der Waals surface area (Å²) in [6, 6.07) is 0. The fourth-order valence-electron chi connectivity index (χ4n) is 6.25. The van der Waals surface area contributed by atoms with E-state index in [1.165, 1.54) is 25.7 Å². The van der Waals surface area contributed by atoms with E-state index in [9.17, 15) is 9.59 Å². The maximum absolute atomic E-state index is 12.7. The van der Waals surface area contributed by atoms with Gasteiger partial charge in [-0.25, -0.2) is 0 Å². The van der Waals surface area contributed by atoms with E-state index in [2.05, 4.69) is 13.8 Å². The van der Waals surface area contributed by atoms with Crippen molar-refractivity contribution in [3.63, 3.8) is 0 Å². The zero-order chi connectivity index (χ0) is 14.8. The predicted molar refractivity (Wildman–Crippen MR) is 81.7 cm³/mol. The lowest BCUT2D eigenvalue weighted by Crippen LogP contribution is -2.54. The molecule has 4 rings (SSSR count). The third-order valence-corrected chi connectivity index (χ3v) is 7.43. The Morgan fingerprint density at radius 2 is 1.86 bits per heavy atom. The summed E-state index contributed by atoms with van der Waals surface area (Å²) in [5, 5.41) is 0. The summed E-state index contributed by atoms with van der Waals surface area (Å²) in [4.78, 5) is 24.6. The Balaban J connectivity index is 1.70. The maximum Gasteiger partial charge on any atom is 0.137 e. The lowest BCUT2D eigenvalue weighted by molar-refractivity contribution is -0.150. The fraction of sp³-hybridized carbons (Fsp3) is 0.789. The van der Waals surface area contributed by atoms with E-state index in [-0.39, 0.29) is 11.3 Å². The molecular formula is C19H26O2. The minimum atomic E-state index is 0.0352. The molecule has 2 nitrogen and oxygen atoms in total. The molecule has 0 aromatic heterocycles. The highest BCUT2D eigenvalue weighted by Crippen LogP contribution is 2.61. The van der Waals surface area contributed by atoms with Crippen molar-refractivity contribution in [1.29, 1.82) is 0 Å². The minimum absolute atomic E-state index is 0.0352. The highest BCUT2D eigenvalue weighted by Gasteiger charge is 2.57. The van der Waals surface area contributed by atoms with E-state index < -0.39 is 0 Å². The van der Waals surface area contributed by atoms with Gasteiger partial charge in [-0.2, -0.15) is 0 Å². The zero-order valence-corrected chi connectivity index (χ0v) is 13.3. The Bertz CT molecular complexity index is 544. The van der Waals surface area contributed by atoms with Crippen LogP contribution >= 0.6 is 0 Å². The number of carbonyl (C=O) groups is 2. The van der Waals surface area contributed by atoms with E-state index in [0.717, 1.165) is 12.8 Å². The van der Waals surface area contributed by atoms with Crippen molar-refractivity contribution in [1.82, 2.24) is 0 Å². The molecule has 0 saturated heterocycles. The molecule has 0 radical (unpaired) electrons. The van der Waals surface area contributed by atoms with Crippen LogP contribution in [0.5, 0.6) is 0 Å². The lowest BCUT2D eigenvalue weighted by Gasteiger charge is -2.56. The van der Waals surface area contributed by atoms with Crippen LogP contribution in [0.15, 0.2) is 11.1 Å². The van der Waals surface area contributed by atoms with Gasteiger partial charge in [0, 0.05) is 25.2 Å². The number of fused-ring (bicyclic) bond motifs is 5. The number of Topliss-reactive ketones (excluding diaryl/α,β-unsaturated/α-hetero) is 2. The second kappa shape index (κ2) is 4.54. The molecule has 0 N–H and O–H groups in total. The van der Waals surface area contributed by atoms with Crippen LogP contribution < -0.4 is 0 Å². The SMILES string of the molecule is CC1=C2CCC3C(CC(=O)C4CC(=O)CC[C@@]43C)C2CC1. The smallest absolute Gasteiger partial charge is 0.137 e. The molecule has 0 bridgehead atoms. The second-order valence-corrected chi connectivity index (χ2v) is 8.23. The quantitative estimate of drug-likeness (QED) is 0.629. The average molecular weight is 286 g/mol. The Labute approximate surface area is 127 Å².